The summed E-state index contributed by atoms with van der Waals surface area (Å²) < 4.78 is 5.40. The van der Waals surface area contributed by atoms with Crippen molar-refractivity contribution in [3.05, 3.63) is 29.8 Å². The Balaban J connectivity index is 2.30. The first kappa shape index (κ1) is 14.4. The van der Waals surface area contributed by atoms with Gasteiger partial charge in [-0.3, -0.25) is 0 Å². The minimum atomic E-state index is 0.289. The number of ether oxygens (including phenoxy) is 1. The zero-order valence-electron chi connectivity index (χ0n) is 12.8. The lowest BCUT2D eigenvalue weighted by atomic mass is 9.63. The van der Waals surface area contributed by atoms with Crippen molar-refractivity contribution >= 4 is 0 Å². The van der Waals surface area contributed by atoms with E-state index in [9.17, 15) is 0 Å². The van der Waals surface area contributed by atoms with Gasteiger partial charge >= 0.3 is 0 Å². The molecule has 2 rings (SSSR count). The Labute approximate surface area is 117 Å². The molecule has 1 aromatic rings. The van der Waals surface area contributed by atoms with Gasteiger partial charge in [0.1, 0.15) is 5.75 Å². The van der Waals surface area contributed by atoms with Gasteiger partial charge in [0.15, 0.2) is 0 Å². The third-order valence-electron chi connectivity index (χ3n) is 4.71. The highest BCUT2D eigenvalue weighted by atomic mass is 16.5. The molecule has 0 spiro atoms. The summed E-state index contributed by atoms with van der Waals surface area (Å²) in [5.41, 5.74) is 1.73. The van der Waals surface area contributed by atoms with Gasteiger partial charge in [0.25, 0.3) is 0 Å². The molecule has 0 unspecified atom stereocenters. The second-order valence-electron chi connectivity index (χ2n) is 6.35. The molecule has 0 saturated heterocycles. The van der Waals surface area contributed by atoms with Gasteiger partial charge in [0, 0.05) is 6.54 Å². The van der Waals surface area contributed by atoms with Crippen molar-refractivity contribution in [2.75, 3.05) is 27.7 Å². The Bertz CT molecular complexity index is 415. The van der Waals surface area contributed by atoms with Crippen molar-refractivity contribution in [1.29, 1.82) is 0 Å². The Morgan fingerprint density at radius 1 is 1.32 bits per heavy atom. The lowest BCUT2D eigenvalue weighted by Crippen LogP contribution is -2.40. The Kier molecular flexibility index (Phi) is 4.51. The lowest BCUT2D eigenvalue weighted by molar-refractivity contribution is 0.160. The van der Waals surface area contributed by atoms with E-state index < -0.39 is 0 Å². The van der Waals surface area contributed by atoms with Crippen molar-refractivity contribution in [3.8, 4) is 5.75 Å². The summed E-state index contributed by atoms with van der Waals surface area (Å²) in [5.74, 6) is 1.72. The molecule has 19 heavy (non-hydrogen) atoms. The molecule has 2 heteroatoms. The quantitative estimate of drug-likeness (QED) is 0.819. The summed E-state index contributed by atoms with van der Waals surface area (Å²) in [5, 5.41) is 0. The summed E-state index contributed by atoms with van der Waals surface area (Å²) in [7, 11) is 6.11. The van der Waals surface area contributed by atoms with Gasteiger partial charge in [-0.15, -0.1) is 0 Å². The maximum Gasteiger partial charge on any atom is 0.119 e. The van der Waals surface area contributed by atoms with E-state index >= 15 is 0 Å². The van der Waals surface area contributed by atoms with Gasteiger partial charge in [0.2, 0.25) is 0 Å². The summed E-state index contributed by atoms with van der Waals surface area (Å²) >= 11 is 0. The van der Waals surface area contributed by atoms with Crippen molar-refractivity contribution in [1.82, 2.24) is 4.90 Å². The average molecular weight is 261 g/mol. The number of nitrogens with zero attached hydrogens (tertiary/aromatic N) is 1. The van der Waals surface area contributed by atoms with Crippen molar-refractivity contribution in [2.24, 2.45) is 5.92 Å². The number of methoxy groups -OCH3 is 1. The molecular formula is C17H27NO. The Morgan fingerprint density at radius 2 is 2.11 bits per heavy atom. The highest BCUT2D eigenvalue weighted by molar-refractivity contribution is 5.34. The molecule has 0 aromatic heterocycles. The molecule has 106 valence electrons. The van der Waals surface area contributed by atoms with Crippen molar-refractivity contribution < 1.29 is 4.74 Å². The monoisotopic (exact) mass is 261 g/mol. The second-order valence-corrected chi connectivity index (χ2v) is 6.35. The van der Waals surface area contributed by atoms with Gasteiger partial charge in [-0.2, -0.15) is 0 Å². The minimum Gasteiger partial charge on any atom is -0.497 e. The van der Waals surface area contributed by atoms with Gasteiger partial charge in [-0.25, -0.2) is 0 Å². The Morgan fingerprint density at radius 3 is 2.79 bits per heavy atom. The van der Waals surface area contributed by atoms with E-state index in [1.54, 1.807) is 7.11 Å². The fourth-order valence-corrected chi connectivity index (χ4v) is 3.50. The zero-order chi connectivity index (χ0) is 13.9. The highest BCUT2D eigenvalue weighted by Crippen LogP contribution is 2.44. The second kappa shape index (κ2) is 5.96. The minimum absolute atomic E-state index is 0.289. The van der Waals surface area contributed by atoms with E-state index in [1.165, 1.54) is 37.8 Å². The van der Waals surface area contributed by atoms with Crippen LogP contribution in [-0.4, -0.2) is 32.6 Å². The van der Waals surface area contributed by atoms with Crippen molar-refractivity contribution in [3.63, 3.8) is 0 Å². The molecule has 1 aliphatic carbocycles. The number of hydrogen-bond acceptors (Lipinski definition) is 2. The highest BCUT2D eigenvalue weighted by Gasteiger charge is 2.38. The molecule has 0 aliphatic heterocycles. The predicted molar refractivity (Wildman–Crippen MR) is 80.9 cm³/mol. The van der Waals surface area contributed by atoms with Crippen molar-refractivity contribution in [2.45, 2.75) is 38.0 Å². The van der Waals surface area contributed by atoms with Crippen LogP contribution in [0.4, 0.5) is 0 Å². The molecule has 2 atom stereocenters. The van der Waals surface area contributed by atoms with Gasteiger partial charge in [-0.1, -0.05) is 31.9 Å². The molecule has 0 amide bonds. The molecule has 0 N–H and O–H groups in total. The summed E-state index contributed by atoms with van der Waals surface area (Å²) in [6, 6.07) is 8.67. The van der Waals surface area contributed by atoms with Gasteiger partial charge in [-0.05, 0) is 56.0 Å². The van der Waals surface area contributed by atoms with E-state index in [4.69, 9.17) is 4.74 Å². The maximum absolute atomic E-state index is 5.40. The average Bonchev–Trinajstić information content (AvgIpc) is 2.41. The topological polar surface area (TPSA) is 12.5 Å². The van der Waals surface area contributed by atoms with Crippen LogP contribution in [0, 0.1) is 5.92 Å². The predicted octanol–water partition coefficient (Wildman–Crippen LogP) is 3.70. The molecule has 0 bridgehead atoms. The van der Waals surface area contributed by atoms with Crippen LogP contribution in [0.15, 0.2) is 24.3 Å². The normalized spacial score (nSPS) is 27.5. The third-order valence-corrected chi connectivity index (χ3v) is 4.71. The largest absolute Gasteiger partial charge is 0.497 e. The molecule has 0 radical (unpaired) electrons. The maximum atomic E-state index is 5.40. The van der Waals surface area contributed by atoms with Gasteiger partial charge < -0.3 is 9.64 Å². The lowest BCUT2D eigenvalue weighted by Gasteiger charge is -2.43. The van der Waals surface area contributed by atoms with E-state index in [-0.39, 0.29) is 5.41 Å². The molecule has 1 aliphatic rings. The smallest absolute Gasteiger partial charge is 0.119 e. The first-order valence-corrected chi connectivity index (χ1v) is 7.35. The van der Waals surface area contributed by atoms with Crippen LogP contribution in [0.2, 0.25) is 0 Å². The Hall–Kier alpha value is -1.02. The molecule has 1 aromatic carbocycles. The standard InChI is InChI=1S/C17H27NO/c1-17(14-9-7-10-16(12-14)19-4)11-6-5-8-15(17)13-18(2)3/h7,9-10,12,15H,5-6,8,11,13H2,1-4H3/t15-,17-/m1/s1. The van der Waals surface area contributed by atoms with E-state index in [0.717, 1.165) is 11.7 Å². The van der Waals surface area contributed by atoms with E-state index in [2.05, 4.69) is 44.1 Å². The van der Waals surface area contributed by atoms with Crippen LogP contribution in [0.5, 0.6) is 5.75 Å². The molecule has 2 nitrogen and oxygen atoms in total. The summed E-state index contributed by atoms with van der Waals surface area (Å²) in [6.45, 7) is 3.61. The zero-order valence-corrected chi connectivity index (χ0v) is 12.8. The molecule has 1 saturated carbocycles. The van der Waals surface area contributed by atoms with E-state index in [1.807, 2.05) is 6.07 Å². The molecule has 0 heterocycles. The summed E-state index contributed by atoms with van der Waals surface area (Å²) in [4.78, 5) is 2.33. The van der Waals surface area contributed by atoms with Crippen LogP contribution in [0.3, 0.4) is 0 Å². The van der Waals surface area contributed by atoms with Crippen LogP contribution in [0.1, 0.15) is 38.2 Å². The molecule has 1 fully saturated rings. The van der Waals surface area contributed by atoms with Crippen LogP contribution in [-0.2, 0) is 5.41 Å². The number of benzene rings is 1. The van der Waals surface area contributed by atoms with Crippen LogP contribution < -0.4 is 4.74 Å². The molecular weight excluding hydrogens is 234 g/mol. The first-order valence-electron chi connectivity index (χ1n) is 7.35. The third kappa shape index (κ3) is 3.11. The number of rotatable bonds is 4. The SMILES string of the molecule is COc1cccc([C@@]2(C)CCCC[C@@H]2CN(C)C)c1. The fourth-order valence-electron chi connectivity index (χ4n) is 3.50. The number of hydrogen-bond donors (Lipinski definition) is 0. The van der Waals surface area contributed by atoms with Crippen LogP contribution in [0.25, 0.3) is 0 Å². The van der Waals surface area contributed by atoms with Crippen LogP contribution >= 0.6 is 0 Å². The first-order chi connectivity index (χ1) is 9.06. The van der Waals surface area contributed by atoms with E-state index in [0.29, 0.717) is 0 Å². The fraction of sp³-hybridized carbons (Fsp3) is 0.647. The van der Waals surface area contributed by atoms with Gasteiger partial charge in [0.05, 0.1) is 7.11 Å². The summed E-state index contributed by atoms with van der Waals surface area (Å²) in [6.07, 6.45) is 5.35.